The molecule has 2 atom stereocenters. The minimum Gasteiger partial charge on any atom is -0.328 e. The van der Waals surface area contributed by atoms with E-state index in [0.717, 1.165) is 25.9 Å². The van der Waals surface area contributed by atoms with Crippen molar-refractivity contribution >= 4 is 0 Å². The maximum Gasteiger partial charge on any atom is 0.0635 e. The quantitative estimate of drug-likeness (QED) is 0.624. The Bertz CT molecular complexity index is 189. The van der Waals surface area contributed by atoms with Crippen LogP contribution in [-0.4, -0.2) is 61.8 Å². The van der Waals surface area contributed by atoms with Crippen molar-refractivity contribution in [3.8, 4) is 0 Å². The van der Waals surface area contributed by atoms with Gasteiger partial charge < -0.3 is 11.1 Å². The summed E-state index contributed by atoms with van der Waals surface area (Å²) in [6, 6.07) is 0.405. The van der Waals surface area contributed by atoms with E-state index in [1.54, 1.807) is 0 Å². The Kier molecular flexibility index (Phi) is 3.97. The van der Waals surface area contributed by atoms with Gasteiger partial charge in [-0.05, 0) is 32.9 Å². The smallest absolute Gasteiger partial charge is 0.0635 e. The number of nitrogens with one attached hydrogen (secondary N) is 1. The first-order valence-electron chi connectivity index (χ1n) is 6.18. The van der Waals surface area contributed by atoms with Gasteiger partial charge in [-0.15, -0.1) is 0 Å². The van der Waals surface area contributed by atoms with Crippen LogP contribution in [0.2, 0.25) is 0 Å². The summed E-state index contributed by atoms with van der Waals surface area (Å²) in [5, 5.41) is 3.45. The fraction of sp³-hybridized carbons (Fsp3) is 1.00. The van der Waals surface area contributed by atoms with Gasteiger partial charge in [0.25, 0.3) is 0 Å². The summed E-state index contributed by atoms with van der Waals surface area (Å²) < 4.78 is 0. The minimum atomic E-state index is 0.405. The van der Waals surface area contributed by atoms with Crippen molar-refractivity contribution in [1.82, 2.24) is 15.1 Å². The van der Waals surface area contributed by atoms with Gasteiger partial charge in [0.2, 0.25) is 0 Å². The number of piperidine rings is 1. The third-order valence-electron chi connectivity index (χ3n) is 3.67. The van der Waals surface area contributed by atoms with Crippen LogP contribution in [0.5, 0.6) is 0 Å². The fourth-order valence-corrected chi connectivity index (χ4v) is 2.68. The van der Waals surface area contributed by atoms with Crippen molar-refractivity contribution in [3.05, 3.63) is 0 Å². The lowest BCUT2D eigenvalue weighted by atomic mass is 10.0. The fourth-order valence-electron chi connectivity index (χ4n) is 2.68. The average Bonchev–Trinajstić information content (AvgIpc) is 2.50. The van der Waals surface area contributed by atoms with Crippen LogP contribution in [-0.2, 0) is 0 Å². The highest BCUT2D eigenvalue weighted by Gasteiger charge is 2.28. The lowest BCUT2D eigenvalue weighted by molar-refractivity contribution is 0.0292. The number of likely N-dealkylation sites (tertiary alicyclic amines) is 1. The van der Waals surface area contributed by atoms with Gasteiger partial charge >= 0.3 is 0 Å². The van der Waals surface area contributed by atoms with Gasteiger partial charge in [0.05, 0.1) is 6.17 Å². The molecule has 0 radical (unpaired) electrons. The Labute approximate surface area is 92.8 Å². The molecule has 2 heterocycles. The summed E-state index contributed by atoms with van der Waals surface area (Å²) in [7, 11) is 2.23. The summed E-state index contributed by atoms with van der Waals surface area (Å²) in [4.78, 5) is 5.06. The highest BCUT2D eigenvalue weighted by atomic mass is 15.4. The van der Waals surface area contributed by atoms with Gasteiger partial charge in [-0.1, -0.05) is 0 Å². The summed E-state index contributed by atoms with van der Waals surface area (Å²) in [5.41, 5.74) is 6.06. The van der Waals surface area contributed by atoms with E-state index in [4.69, 9.17) is 5.73 Å². The second-order valence-corrected chi connectivity index (χ2v) is 4.89. The Balaban J connectivity index is 1.93. The van der Waals surface area contributed by atoms with Crippen LogP contribution in [0.15, 0.2) is 0 Å². The SMILES string of the molecule is CN1CCC(N)CC1N1CCCNCC1. The molecule has 2 unspecified atom stereocenters. The van der Waals surface area contributed by atoms with Gasteiger partial charge in [0, 0.05) is 32.2 Å². The molecule has 2 fully saturated rings. The van der Waals surface area contributed by atoms with E-state index in [-0.39, 0.29) is 0 Å². The standard InChI is InChI=1S/C11H24N4/c1-14-7-3-10(12)9-11(14)15-6-2-4-13-5-8-15/h10-11,13H,2-9,12H2,1H3. The van der Waals surface area contributed by atoms with Crippen LogP contribution in [0.4, 0.5) is 0 Å². The maximum absolute atomic E-state index is 6.06. The molecule has 2 aliphatic rings. The largest absolute Gasteiger partial charge is 0.328 e. The predicted molar refractivity (Wildman–Crippen MR) is 62.7 cm³/mol. The molecule has 4 nitrogen and oxygen atoms in total. The molecule has 2 aliphatic heterocycles. The predicted octanol–water partition coefficient (Wildman–Crippen LogP) is -0.339. The third-order valence-corrected chi connectivity index (χ3v) is 3.67. The first kappa shape index (κ1) is 11.3. The second kappa shape index (κ2) is 5.25. The molecule has 88 valence electrons. The van der Waals surface area contributed by atoms with E-state index >= 15 is 0 Å². The van der Waals surface area contributed by atoms with E-state index in [1.165, 1.54) is 26.1 Å². The molecule has 0 bridgehead atoms. The molecule has 15 heavy (non-hydrogen) atoms. The molecular weight excluding hydrogens is 188 g/mol. The van der Waals surface area contributed by atoms with Gasteiger partial charge in [-0.2, -0.15) is 0 Å². The normalized spacial score (nSPS) is 36.4. The number of rotatable bonds is 1. The monoisotopic (exact) mass is 212 g/mol. The number of nitrogens with two attached hydrogens (primary N) is 1. The molecule has 2 saturated heterocycles. The number of hydrogen-bond donors (Lipinski definition) is 2. The van der Waals surface area contributed by atoms with Gasteiger partial charge in [0.15, 0.2) is 0 Å². The molecule has 0 aromatic carbocycles. The van der Waals surface area contributed by atoms with Gasteiger partial charge in [-0.25, -0.2) is 0 Å². The third kappa shape index (κ3) is 2.91. The lowest BCUT2D eigenvalue weighted by Crippen LogP contribution is -2.54. The molecule has 0 amide bonds. The van der Waals surface area contributed by atoms with E-state index in [0.29, 0.717) is 12.2 Å². The Morgan fingerprint density at radius 2 is 2.07 bits per heavy atom. The molecule has 3 N–H and O–H groups in total. The first-order chi connectivity index (χ1) is 7.27. The van der Waals surface area contributed by atoms with E-state index in [1.807, 2.05) is 0 Å². The maximum atomic E-state index is 6.06. The van der Waals surface area contributed by atoms with Gasteiger partial charge in [-0.3, -0.25) is 9.80 Å². The van der Waals surface area contributed by atoms with E-state index in [9.17, 15) is 0 Å². The molecular formula is C11H24N4. The van der Waals surface area contributed by atoms with E-state index in [2.05, 4.69) is 22.2 Å². The summed E-state index contributed by atoms with van der Waals surface area (Å²) in [6.45, 7) is 5.82. The summed E-state index contributed by atoms with van der Waals surface area (Å²) >= 11 is 0. The van der Waals surface area contributed by atoms with Crippen molar-refractivity contribution in [1.29, 1.82) is 0 Å². The number of hydrogen-bond acceptors (Lipinski definition) is 4. The van der Waals surface area contributed by atoms with E-state index < -0.39 is 0 Å². The highest BCUT2D eigenvalue weighted by Crippen LogP contribution is 2.18. The minimum absolute atomic E-state index is 0.405. The van der Waals surface area contributed by atoms with Crippen LogP contribution < -0.4 is 11.1 Å². The van der Waals surface area contributed by atoms with Crippen molar-refractivity contribution in [2.24, 2.45) is 5.73 Å². The van der Waals surface area contributed by atoms with Crippen molar-refractivity contribution in [2.45, 2.75) is 31.5 Å². The van der Waals surface area contributed by atoms with Crippen molar-refractivity contribution in [3.63, 3.8) is 0 Å². The molecule has 4 heteroatoms. The Hall–Kier alpha value is -0.160. The summed E-state index contributed by atoms with van der Waals surface area (Å²) in [6.07, 6.45) is 4.13. The molecule has 0 aromatic heterocycles. The van der Waals surface area contributed by atoms with Crippen LogP contribution in [0.3, 0.4) is 0 Å². The van der Waals surface area contributed by atoms with Crippen molar-refractivity contribution in [2.75, 3.05) is 39.8 Å². The molecule has 2 rings (SSSR count). The summed E-state index contributed by atoms with van der Waals surface area (Å²) in [5.74, 6) is 0. The van der Waals surface area contributed by atoms with Crippen LogP contribution >= 0.6 is 0 Å². The highest BCUT2D eigenvalue weighted by molar-refractivity contribution is 4.83. The average molecular weight is 212 g/mol. The zero-order valence-electron chi connectivity index (χ0n) is 9.78. The van der Waals surface area contributed by atoms with Crippen LogP contribution in [0.1, 0.15) is 19.3 Å². The second-order valence-electron chi connectivity index (χ2n) is 4.89. The number of nitrogens with zero attached hydrogens (tertiary/aromatic N) is 2. The first-order valence-corrected chi connectivity index (χ1v) is 6.18. The Morgan fingerprint density at radius 3 is 2.93 bits per heavy atom. The zero-order chi connectivity index (χ0) is 10.7. The van der Waals surface area contributed by atoms with Crippen LogP contribution in [0.25, 0.3) is 0 Å². The molecule has 0 aliphatic carbocycles. The molecule has 0 saturated carbocycles. The van der Waals surface area contributed by atoms with Crippen LogP contribution in [0, 0.1) is 0 Å². The lowest BCUT2D eigenvalue weighted by Gasteiger charge is -2.42. The Morgan fingerprint density at radius 1 is 1.20 bits per heavy atom. The molecule has 0 aromatic rings. The van der Waals surface area contributed by atoms with Crippen molar-refractivity contribution < 1.29 is 0 Å². The van der Waals surface area contributed by atoms with Gasteiger partial charge in [0.1, 0.15) is 0 Å². The molecule has 0 spiro atoms. The zero-order valence-corrected chi connectivity index (χ0v) is 9.78. The topological polar surface area (TPSA) is 44.5 Å².